The van der Waals surface area contributed by atoms with Crippen molar-refractivity contribution in [2.24, 2.45) is 0 Å². The van der Waals surface area contributed by atoms with Crippen LogP contribution in [0.5, 0.6) is 0 Å². The molecule has 1 aromatic heterocycles. The molecule has 0 aliphatic heterocycles. The van der Waals surface area contributed by atoms with Crippen molar-refractivity contribution in [3.63, 3.8) is 0 Å². The molecule has 2 aromatic rings. The minimum absolute atomic E-state index is 0.286. The average Bonchev–Trinajstić information content (AvgIpc) is 2.74. The van der Waals surface area contributed by atoms with Gasteiger partial charge in [-0.25, -0.2) is 4.79 Å². The van der Waals surface area contributed by atoms with E-state index in [0.717, 1.165) is 16.7 Å². The van der Waals surface area contributed by atoms with Crippen LogP contribution in [0.4, 0.5) is 5.69 Å². The van der Waals surface area contributed by atoms with Crippen LogP contribution in [0.1, 0.15) is 26.4 Å². The van der Waals surface area contributed by atoms with E-state index in [-0.39, 0.29) is 12.6 Å². The summed E-state index contributed by atoms with van der Waals surface area (Å²) in [6.45, 7) is 4.31. The lowest BCUT2D eigenvalue weighted by molar-refractivity contribution is 0.0478. The van der Waals surface area contributed by atoms with Gasteiger partial charge in [0.05, 0.1) is 5.69 Å². The third-order valence-corrected chi connectivity index (χ3v) is 3.78. The number of aryl methyl sites for hydroxylation is 2. The van der Waals surface area contributed by atoms with E-state index in [9.17, 15) is 4.79 Å². The highest BCUT2D eigenvalue weighted by Gasteiger charge is 2.13. The van der Waals surface area contributed by atoms with E-state index in [1.807, 2.05) is 32.0 Å². The van der Waals surface area contributed by atoms with Gasteiger partial charge in [-0.15, -0.1) is 11.3 Å². The molecular weight excluding hydrogens is 246 g/mol. The van der Waals surface area contributed by atoms with Crippen LogP contribution in [0.2, 0.25) is 0 Å². The summed E-state index contributed by atoms with van der Waals surface area (Å²) in [6.07, 6.45) is 0. The maximum absolute atomic E-state index is 11.8. The smallest absolute Gasteiger partial charge is 0.350 e. The molecule has 94 valence electrons. The van der Waals surface area contributed by atoms with Crippen LogP contribution >= 0.6 is 11.3 Å². The van der Waals surface area contributed by atoms with Crippen LogP contribution in [-0.4, -0.2) is 5.97 Å². The topological polar surface area (TPSA) is 52.3 Å². The molecule has 2 rings (SSSR count). The predicted molar refractivity (Wildman–Crippen MR) is 73.8 cm³/mol. The van der Waals surface area contributed by atoms with Crippen molar-refractivity contribution in [3.05, 3.63) is 51.2 Å². The molecule has 4 heteroatoms. The first-order valence-corrected chi connectivity index (χ1v) is 6.52. The first-order valence-electron chi connectivity index (χ1n) is 5.65. The number of nitrogen functional groups attached to an aromatic ring is 1. The summed E-state index contributed by atoms with van der Waals surface area (Å²) in [7, 11) is 0. The normalized spacial score (nSPS) is 10.3. The zero-order valence-electron chi connectivity index (χ0n) is 10.4. The van der Waals surface area contributed by atoms with E-state index in [0.29, 0.717) is 10.6 Å². The summed E-state index contributed by atoms with van der Waals surface area (Å²) in [5, 5.41) is 1.78. The molecule has 0 fully saturated rings. The summed E-state index contributed by atoms with van der Waals surface area (Å²) < 4.78 is 5.31. The van der Waals surface area contributed by atoms with Crippen LogP contribution < -0.4 is 5.73 Å². The molecule has 2 N–H and O–H groups in total. The molecule has 0 aliphatic rings. The molecule has 0 radical (unpaired) electrons. The monoisotopic (exact) mass is 261 g/mol. The highest BCUT2D eigenvalue weighted by Crippen LogP contribution is 2.21. The summed E-state index contributed by atoms with van der Waals surface area (Å²) in [6, 6.07) is 7.72. The maximum atomic E-state index is 11.8. The number of esters is 1. The Hall–Kier alpha value is -1.81. The molecule has 0 saturated heterocycles. The Labute approximate surface area is 110 Å². The van der Waals surface area contributed by atoms with E-state index >= 15 is 0 Å². The highest BCUT2D eigenvalue weighted by molar-refractivity contribution is 7.12. The van der Waals surface area contributed by atoms with Gasteiger partial charge in [-0.1, -0.05) is 18.2 Å². The quantitative estimate of drug-likeness (QED) is 0.862. The van der Waals surface area contributed by atoms with Gasteiger partial charge in [0.2, 0.25) is 0 Å². The second-order valence-electron chi connectivity index (χ2n) is 4.15. The molecule has 3 nitrogen and oxygen atoms in total. The van der Waals surface area contributed by atoms with E-state index < -0.39 is 0 Å². The number of hydrogen-bond acceptors (Lipinski definition) is 4. The molecular formula is C14H15NO2S. The molecule has 0 aliphatic carbocycles. The summed E-state index contributed by atoms with van der Waals surface area (Å²) in [5.41, 5.74) is 9.47. The number of thiophene rings is 1. The van der Waals surface area contributed by atoms with Crippen LogP contribution in [0.25, 0.3) is 0 Å². The summed E-state index contributed by atoms with van der Waals surface area (Å²) in [4.78, 5) is 12.3. The fraction of sp³-hybridized carbons (Fsp3) is 0.214. The number of hydrogen-bond donors (Lipinski definition) is 1. The molecule has 0 spiro atoms. The summed E-state index contributed by atoms with van der Waals surface area (Å²) >= 11 is 1.30. The number of rotatable bonds is 3. The van der Waals surface area contributed by atoms with E-state index in [2.05, 4.69) is 0 Å². The zero-order valence-corrected chi connectivity index (χ0v) is 11.2. The van der Waals surface area contributed by atoms with Gasteiger partial charge < -0.3 is 10.5 Å². The van der Waals surface area contributed by atoms with Gasteiger partial charge in [0.15, 0.2) is 0 Å². The lowest BCUT2D eigenvalue weighted by Gasteiger charge is -2.10. The van der Waals surface area contributed by atoms with Crippen molar-refractivity contribution >= 4 is 23.0 Å². The van der Waals surface area contributed by atoms with Gasteiger partial charge in [-0.05, 0) is 42.0 Å². The lowest BCUT2D eigenvalue weighted by atomic mass is 10.0. The Morgan fingerprint density at radius 2 is 1.94 bits per heavy atom. The first kappa shape index (κ1) is 12.6. The molecule has 0 amide bonds. The number of benzene rings is 1. The van der Waals surface area contributed by atoms with E-state index in [4.69, 9.17) is 10.5 Å². The third-order valence-electron chi connectivity index (χ3n) is 2.87. The van der Waals surface area contributed by atoms with Gasteiger partial charge in [-0.2, -0.15) is 0 Å². The minimum Gasteiger partial charge on any atom is -0.457 e. The van der Waals surface area contributed by atoms with Gasteiger partial charge >= 0.3 is 5.97 Å². The Kier molecular flexibility index (Phi) is 3.67. The average molecular weight is 261 g/mol. The maximum Gasteiger partial charge on any atom is 0.350 e. The number of nitrogens with two attached hydrogens (primary N) is 1. The number of carbonyl (C=O) groups is 1. The van der Waals surface area contributed by atoms with Gasteiger partial charge in [0.1, 0.15) is 11.5 Å². The molecule has 1 aromatic carbocycles. The fourth-order valence-electron chi connectivity index (χ4n) is 1.76. The predicted octanol–water partition coefficient (Wildman–Crippen LogP) is 3.30. The Balaban J connectivity index is 2.09. The number of carbonyl (C=O) groups excluding carboxylic acids is 1. The molecule has 0 unspecified atom stereocenters. The Morgan fingerprint density at radius 1 is 1.28 bits per heavy atom. The highest BCUT2D eigenvalue weighted by atomic mass is 32.1. The second-order valence-corrected chi connectivity index (χ2v) is 5.07. The van der Waals surface area contributed by atoms with Crippen molar-refractivity contribution in [2.45, 2.75) is 20.5 Å². The van der Waals surface area contributed by atoms with Gasteiger partial charge in [0, 0.05) is 0 Å². The molecule has 0 bridgehead atoms. The molecule has 0 atom stereocenters. The van der Waals surface area contributed by atoms with Gasteiger partial charge in [-0.3, -0.25) is 0 Å². The number of ether oxygens (including phenoxy) is 1. The second kappa shape index (κ2) is 5.23. The Morgan fingerprint density at radius 3 is 2.50 bits per heavy atom. The van der Waals surface area contributed by atoms with E-state index in [1.165, 1.54) is 11.3 Å². The van der Waals surface area contributed by atoms with Crippen molar-refractivity contribution in [3.8, 4) is 0 Å². The Bertz CT molecular complexity index is 555. The fourth-order valence-corrected chi connectivity index (χ4v) is 2.47. The van der Waals surface area contributed by atoms with E-state index in [1.54, 1.807) is 11.4 Å². The molecule has 1 heterocycles. The van der Waals surface area contributed by atoms with Crippen molar-refractivity contribution in [1.29, 1.82) is 0 Å². The largest absolute Gasteiger partial charge is 0.457 e. The third kappa shape index (κ3) is 2.54. The standard InChI is InChI=1S/C14H15NO2S/c1-9-4-3-5-10(2)11(9)8-17-14(16)13-12(15)6-7-18-13/h3-7H,8,15H2,1-2H3. The molecule has 18 heavy (non-hydrogen) atoms. The van der Waals surface area contributed by atoms with Crippen molar-refractivity contribution in [1.82, 2.24) is 0 Å². The zero-order chi connectivity index (χ0) is 13.1. The van der Waals surface area contributed by atoms with Crippen LogP contribution in [0, 0.1) is 13.8 Å². The van der Waals surface area contributed by atoms with Gasteiger partial charge in [0.25, 0.3) is 0 Å². The SMILES string of the molecule is Cc1cccc(C)c1COC(=O)c1sccc1N. The summed E-state index contributed by atoms with van der Waals surface area (Å²) in [5.74, 6) is -0.356. The minimum atomic E-state index is -0.356. The van der Waals surface area contributed by atoms with Crippen molar-refractivity contribution in [2.75, 3.05) is 5.73 Å². The van der Waals surface area contributed by atoms with Crippen LogP contribution in [0.15, 0.2) is 29.6 Å². The number of anilines is 1. The molecule has 0 saturated carbocycles. The van der Waals surface area contributed by atoms with Crippen LogP contribution in [0.3, 0.4) is 0 Å². The van der Waals surface area contributed by atoms with Crippen LogP contribution in [-0.2, 0) is 11.3 Å². The first-order chi connectivity index (χ1) is 8.59. The lowest BCUT2D eigenvalue weighted by Crippen LogP contribution is -2.07. The van der Waals surface area contributed by atoms with Crippen molar-refractivity contribution < 1.29 is 9.53 Å².